The van der Waals surface area contributed by atoms with Gasteiger partial charge in [-0.05, 0) is 37.1 Å². The van der Waals surface area contributed by atoms with Gasteiger partial charge in [-0.25, -0.2) is 13.2 Å². The van der Waals surface area contributed by atoms with Crippen molar-refractivity contribution in [1.29, 1.82) is 0 Å². The molecule has 0 saturated heterocycles. The number of urea groups is 1. The van der Waals surface area contributed by atoms with Crippen LogP contribution in [-0.4, -0.2) is 26.7 Å². The Hall–Kier alpha value is -1.76. The van der Waals surface area contributed by atoms with Gasteiger partial charge in [0.25, 0.3) is 0 Å². The van der Waals surface area contributed by atoms with Gasteiger partial charge >= 0.3 is 6.03 Å². The molecule has 1 aromatic carbocycles. The molecule has 0 atom stereocenters. The lowest BCUT2D eigenvalue weighted by molar-refractivity contribution is 0.251. The van der Waals surface area contributed by atoms with E-state index in [4.69, 9.17) is 0 Å². The molecule has 7 heteroatoms. The third-order valence-corrected chi connectivity index (χ3v) is 3.77. The summed E-state index contributed by atoms with van der Waals surface area (Å²) in [7, 11) is -3.28. The van der Waals surface area contributed by atoms with Gasteiger partial charge in [0.05, 0.1) is 5.75 Å². The van der Waals surface area contributed by atoms with Crippen molar-refractivity contribution in [3.8, 4) is 0 Å². The van der Waals surface area contributed by atoms with Crippen LogP contribution in [0.5, 0.6) is 0 Å². The molecule has 0 radical (unpaired) electrons. The van der Waals surface area contributed by atoms with E-state index in [0.29, 0.717) is 23.8 Å². The Balaban J connectivity index is 2.57. The predicted molar refractivity (Wildman–Crippen MR) is 81.4 cm³/mol. The smallest absolute Gasteiger partial charge is 0.319 e. The highest BCUT2D eigenvalue weighted by Crippen LogP contribution is 2.14. The lowest BCUT2D eigenvalue weighted by Crippen LogP contribution is -2.31. The molecular weight excluding hydrogens is 278 g/mol. The van der Waals surface area contributed by atoms with Crippen molar-refractivity contribution >= 4 is 27.4 Å². The molecule has 1 rings (SSSR count). The SMILES string of the molecule is CCS(=O)(=O)Nc1ccc(NC(=O)NCC(C)C)cc1. The number of sulfonamides is 1. The van der Waals surface area contributed by atoms with Crippen molar-refractivity contribution in [2.24, 2.45) is 5.92 Å². The largest absolute Gasteiger partial charge is 0.338 e. The van der Waals surface area contributed by atoms with Crippen molar-refractivity contribution in [3.63, 3.8) is 0 Å². The molecule has 1 aromatic rings. The maximum atomic E-state index is 11.5. The molecule has 0 aromatic heterocycles. The normalized spacial score (nSPS) is 11.2. The Morgan fingerprint density at radius 2 is 1.70 bits per heavy atom. The molecule has 0 saturated carbocycles. The van der Waals surface area contributed by atoms with Gasteiger partial charge in [0, 0.05) is 17.9 Å². The Kier molecular flexibility index (Phi) is 5.82. The second-order valence-corrected chi connectivity index (χ2v) is 6.82. The fourth-order valence-corrected chi connectivity index (χ4v) is 1.98. The first-order valence-electron chi connectivity index (χ1n) is 6.48. The van der Waals surface area contributed by atoms with Gasteiger partial charge in [0.1, 0.15) is 0 Å². The van der Waals surface area contributed by atoms with E-state index < -0.39 is 10.0 Å². The van der Waals surface area contributed by atoms with Gasteiger partial charge in [0.2, 0.25) is 10.0 Å². The zero-order valence-electron chi connectivity index (χ0n) is 11.9. The number of hydrogen-bond acceptors (Lipinski definition) is 3. The minimum absolute atomic E-state index is 0.0185. The molecule has 0 aliphatic heterocycles. The zero-order chi connectivity index (χ0) is 15.2. The van der Waals surface area contributed by atoms with E-state index in [-0.39, 0.29) is 11.8 Å². The first-order valence-corrected chi connectivity index (χ1v) is 8.13. The van der Waals surface area contributed by atoms with Crippen molar-refractivity contribution in [3.05, 3.63) is 24.3 Å². The molecule has 0 unspecified atom stereocenters. The highest BCUT2D eigenvalue weighted by atomic mass is 32.2. The molecule has 0 heterocycles. The first kappa shape index (κ1) is 16.3. The van der Waals surface area contributed by atoms with Gasteiger partial charge < -0.3 is 10.6 Å². The van der Waals surface area contributed by atoms with Crippen molar-refractivity contribution in [2.75, 3.05) is 22.3 Å². The number of anilines is 2. The number of benzene rings is 1. The molecule has 0 aliphatic rings. The quantitative estimate of drug-likeness (QED) is 0.752. The van der Waals surface area contributed by atoms with Gasteiger partial charge in [0.15, 0.2) is 0 Å². The average Bonchev–Trinajstić information content (AvgIpc) is 2.38. The fourth-order valence-electron chi connectivity index (χ4n) is 1.35. The van der Waals surface area contributed by atoms with Crippen LogP contribution in [0.2, 0.25) is 0 Å². The minimum Gasteiger partial charge on any atom is -0.338 e. The monoisotopic (exact) mass is 299 g/mol. The van der Waals surface area contributed by atoms with E-state index in [9.17, 15) is 13.2 Å². The standard InChI is InChI=1S/C13H21N3O3S/c1-4-20(18,19)16-12-7-5-11(6-8-12)15-13(17)14-9-10(2)3/h5-8,10,16H,4,9H2,1-3H3,(H2,14,15,17). The molecule has 20 heavy (non-hydrogen) atoms. The maximum absolute atomic E-state index is 11.5. The zero-order valence-corrected chi connectivity index (χ0v) is 12.8. The van der Waals surface area contributed by atoms with E-state index in [2.05, 4.69) is 15.4 Å². The van der Waals surface area contributed by atoms with Crippen molar-refractivity contribution in [1.82, 2.24) is 5.32 Å². The number of amides is 2. The summed E-state index contributed by atoms with van der Waals surface area (Å²) in [5, 5.41) is 5.41. The third kappa shape index (κ3) is 5.92. The highest BCUT2D eigenvalue weighted by molar-refractivity contribution is 7.92. The molecule has 0 bridgehead atoms. The van der Waals surface area contributed by atoms with Crippen LogP contribution in [0.1, 0.15) is 20.8 Å². The summed E-state index contributed by atoms with van der Waals surface area (Å²) in [5.74, 6) is 0.400. The second kappa shape index (κ2) is 7.14. The van der Waals surface area contributed by atoms with Gasteiger partial charge in [-0.3, -0.25) is 4.72 Å². The summed E-state index contributed by atoms with van der Waals surface area (Å²) in [6.07, 6.45) is 0. The van der Waals surface area contributed by atoms with E-state index in [1.807, 2.05) is 13.8 Å². The summed E-state index contributed by atoms with van der Waals surface area (Å²) in [6.45, 7) is 6.18. The van der Waals surface area contributed by atoms with Crippen LogP contribution in [0.15, 0.2) is 24.3 Å². The third-order valence-electron chi connectivity index (χ3n) is 2.47. The predicted octanol–water partition coefficient (Wildman–Crippen LogP) is 2.23. The van der Waals surface area contributed by atoms with Crippen LogP contribution in [0, 0.1) is 5.92 Å². The van der Waals surface area contributed by atoms with Crippen LogP contribution in [0.25, 0.3) is 0 Å². The van der Waals surface area contributed by atoms with Gasteiger partial charge in [-0.15, -0.1) is 0 Å². The second-order valence-electron chi connectivity index (χ2n) is 4.81. The molecule has 2 amide bonds. The number of hydrogen-bond donors (Lipinski definition) is 3. The summed E-state index contributed by atoms with van der Waals surface area (Å²) in [5.41, 5.74) is 1.07. The van der Waals surface area contributed by atoms with Crippen LogP contribution in [0.3, 0.4) is 0 Å². The molecule has 112 valence electrons. The van der Waals surface area contributed by atoms with Crippen molar-refractivity contribution < 1.29 is 13.2 Å². The van der Waals surface area contributed by atoms with Crippen LogP contribution in [-0.2, 0) is 10.0 Å². The lowest BCUT2D eigenvalue weighted by Gasteiger charge is -2.10. The van der Waals surface area contributed by atoms with Crippen LogP contribution < -0.4 is 15.4 Å². The Bertz CT molecular complexity index is 538. The maximum Gasteiger partial charge on any atom is 0.319 e. The summed E-state index contributed by atoms with van der Waals surface area (Å²) < 4.78 is 25.2. The number of rotatable bonds is 6. The Labute approximate surface area is 120 Å². The van der Waals surface area contributed by atoms with Crippen molar-refractivity contribution in [2.45, 2.75) is 20.8 Å². The molecule has 0 fully saturated rings. The summed E-state index contributed by atoms with van der Waals surface area (Å²) in [6, 6.07) is 6.21. The molecule has 0 aliphatic carbocycles. The summed E-state index contributed by atoms with van der Waals surface area (Å²) >= 11 is 0. The van der Waals surface area contributed by atoms with E-state index in [1.165, 1.54) is 0 Å². The van der Waals surface area contributed by atoms with Crippen LogP contribution in [0.4, 0.5) is 16.2 Å². The van der Waals surface area contributed by atoms with Gasteiger partial charge in [-0.1, -0.05) is 13.8 Å². The highest BCUT2D eigenvalue weighted by Gasteiger charge is 2.07. The molecular formula is C13H21N3O3S. The lowest BCUT2D eigenvalue weighted by atomic mass is 10.2. The average molecular weight is 299 g/mol. The topological polar surface area (TPSA) is 87.3 Å². The molecule has 3 N–H and O–H groups in total. The first-order chi connectivity index (χ1) is 9.32. The number of nitrogens with one attached hydrogen (secondary N) is 3. The van der Waals surface area contributed by atoms with E-state index >= 15 is 0 Å². The van der Waals surface area contributed by atoms with Crippen LogP contribution >= 0.6 is 0 Å². The van der Waals surface area contributed by atoms with Gasteiger partial charge in [-0.2, -0.15) is 0 Å². The Morgan fingerprint density at radius 3 is 2.20 bits per heavy atom. The van der Waals surface area contributed by atoms with E-state index in [1.54, 1.807) is 31.2 Å². The van der Waals surface area contributed by atoms with E-state index in [0.717, 1.165) is 0 Å². The Morgan fingerprint density at radius 1 is 1.15 bits per heavy atom. The molecule has 0 spiro atoms. The number of carbonyl (C=O) groups excluding carboxylic acids is 1. The summed E-state index contributed by atoms with van der Waals surface area (Å²) in [4.78, 5) is 11.5. The molecule has 6 nitrogen and oxygen atoms in total. The minimum atomic E-state index is -3.28. The number of carbonyl (C=O) groups is 1. The fraction of sp³-hybridized carbons (Fsp3) is 0.462.